The van der Waals surface area contributed by atoms with Gasteiger partial charge in [0.1, 0.15) is 18.5 Å². The number of nitrogens with one attached hydrogen (secondary N) is 1. The van der Waals surface area contributed by atoms with Crippen LogP contribution >= 0.6 is 23.1 Å². The van der Waals surface area contributed by atoms with Crippen LogP contribution in [0.4, 0.5) is 23.7 Å². The van der Waals surface area contributed by atoms with E-state index >= 15 is 0 Å². The fourth-order valence-electron chi connectivity index (χ4n) is 5.57. The summed E-state index contributed by atoms with van der Waals surface area (Å²) in [6.07, 6.45) is 3.46. The zero-order valence-electron chi connectivity index (χ0n) is 26.4. The van der Waals surface area contributed by atoms with Crippen molar-refractivity contribution in [2.24, 2.45) is 5.92 Å². The fourth-order valence-corrected chi connectivity index (χ4v) is 7.81. The number of carbonyl (C=O) groups is 3. The summed E-state index contributed by atoms with van der Waals surface area (Å²) in [7, 11) is -6.09. The van der Waals surface area contributed by atoms with Crippen LogP contribution in [-0.4, -0.2) is 85.8 Å². The average Bonchev–Trinajstić information content (AvgIpc) is 3.67. The van der Waals surface area contributed by atoms with Crippen LogP contribution in [0.25, 0.3) is 10.4 Å². The molecule has 2 aliphatic rings. The number of nitro benzene ring substituents is 1. The van der Waals surface area contributed by atoms with E-state index in [1.165, 1.54) is 28.4 Å². The minimum atomic E-state index is -6.09. The average molecular weight is 766 g/mol. The second-order valence-corrected chi connectivity index (χ2v) is 14.2. The van der Waals surface area contributed by atoms with E-state index in [4.69, 9.17) is 17.7 Å². The Morgan fingerprint density at radius 1 is 1.28 bits per heavy atom. The van der Waals surface area contributed by atoms with Gasteiger partial charge in [-0.05, 0) is 37.3 Å². The van der Waals surface area contributed by atoms with Crippen LogP contribution in [0.15, 0.2) is 41.2 Å². The molecular weight excluding hydrogens is 736 g/mol. The van der Waals surface area contributed by atoms with Crippen LogP contribution in [0.3, 0.4) is 0 Å². The second kappa shape index (κ2) is 14.9. The monoisotopic (exact) mass is 765 g/mol. The summed E-state index contributed by atoms with van der Waals surface area (Å²) in [4.78, 5) is 50.2. The van der Waals surface area contributed by atoms with Gasteiger partial charge in [-0.1, -0.05) is 23.1 Å². The van der Waals surface area contributed by atoms with E-state index in [0.29, 0.717) is 37.1 Å². The molecule has 2 amide bonds. The van der Waals surface area contributed by atoms with E-state index in [2.05, 4.69) is 9.88 Å². The summed E-state index contributed by atoms with van der Waals surface area (Å²) in [5.41, 5.74) is -4.44. The Hall–Kier alpha value is -4.25. The Morgan fingerprint density at radius 2 is 1.90 bits per heavy atom. The number of amides is 2. The van der Waals surface area contributed by atoms with Crippen LogP contribution in [0.5, 0.6) is 0 Å². The Labute approximate surface area is 290 Å². The van der Waals surface area contributed by atoms with Crippen LogP contribution in [-0.2, 0) is 37.6 Å². The van der Waals surface area contributed by atoms with Crippen molar-refractivity contribution in [1.29, 1.82) is 0 Å². The molecule has 2 aliphatic heterocycles. The first-order chi connectivity index (χ1) is 23.3. The van der Waals surface area contributed by atoms with Gasteiger partial charge in [-0.15, -0.1) is 0 Å². The number of β-lactam (4-membered cyclic amide) rings is 1. The number of ether oxygens (including phenoxy) is 1. The highest BCUT2D eigenvalue weighted by molar-refractivity contribution is 7.98. The molecule has 0 aliphatic carbocycles. The number of carbonyl (C=O) groups excluding carboxylic acids is 2. The number of benzene rings is 1. The first-order valence-electron chi connectivity index (χ1n) is 14.5. The molecule has 1 aromatic carbocycles. The van der Waals surface area contributed by atoms with Crippen LogP contribution in [0.2, 0.25) is 0 Å². The summed E-state index contributed by atoms with van der Waals surface area (Å²) in [6, 6.07) is 5.45. The van der Waals surface area contributed by atoms with Crippen molar-refractivity contribution in [3.05, 3.63) is 62.5 Å². The lowest BCUT2D eigenvalue weighted by atomic mass is 9.83. The molecule has 2 aromatic heterocycles. The van der Waals surface area contributed by atoms with Crippen LogP contribution in [0.1, 0.15) is 36.0 Å². The third-order valence-electron chi connectivity index (χ3n) is 7.89. The molecular formula is C28H30F3N5O11S3. The molecule has 22 heteroatoms. The van der Waals surface area contributed by atoms with E-state index < -0.39 is 44.6 Å². The fraction of sp³-hybridized carbons (Fsp3) is 0.429. The van der Waals surface area contributed by atoms with Crippen molar-refractivity contribution in [3.8, 4) is 0 Å². The highest BCUT2D eigenvalue weighted by Crippen LogP contribution is 2.48. The lowest BCUT2D eigenvalue weighted by Crippen LogP contribution is -2.61. The number of aromatic nitrogens is 2. The summed E-state index contributed by atoms with van der Waals surface area (Å²) in [5.74, 6) is -1.16. The van der Waals surface area contributed by atoms with Gasteiger partial charge in [0.15, 0.2) is 10.1 Å². The Kier molecular flexibility index (Phi) is 11.5. The minimum absolute atomic E-state index is 0.00120. The Balaban J connectivity index is 0.000000627. The number of fused-ring (bicyclic) bond motifs is 2. The number of hydrogen-bond acceptors (Lipinski definition) is 12. The number of imidazole rings is 1. The predicted molar refractivity (Wildman–Crippen MR) is 169 cm³/mol. The van der Waals surface area contributed by atoms with Gasteiger partial charge in [-0.3, -0.25) is 14.9 Å². The topological polar surface area (TPSA) is 225 Å². The van der Waals surface area contributed by atoms with Crippen LogP contribution < -0.4 is 9.88 Å². The Bertz CT molecular complexity index is 1960. The number of alkyl halides is 3. The number of non-ortho nitro benzene ring substituents is 1. The van der Waals surface area contributed by atoms with Crippen LogP contribution in [0, 0.1) is 23.0 Å². The number of aliphatic hydroxyl groups excluding tert-OH is 1. The van der Waals surface area contributed by atoms with Crippen molar-refractivity contribution >= 4 is 67.3 Å². The zero-order valence-corrected chi connectivity index (χ0v) is 28.8. The quantitative estimate of drug-likeness (QED) is 0.0375. The van der Waals surface area contributed by atoms with E-state index in [1.807, 2.05) is 23.8 Å². The summed E-state index contributed by atoms with van der Waals surface area (Å²) < 4.78 is 68.3. The van der Waals surface area contributed by atoms with E-state index in [0.717, 1.165) is 20.6 Å². The molecule has 0 unspecified atom stereocenters. The normalized spacial score (nSPS) is 17.9. The smallest absolute Gasteiger partial charge is 0.485 e. The molecule has 272 valence electrons. The molecule has 3 N–H and O–H groups in total. The first kappa shape index (κ1) is 38.6. The molecule has 5 rings (SSSR count). The van der Waals surface area contributed by atoms with Crippen molar-refractivity contribution < 1.29 is 65.0 Å². The molecule has 0 saturated carbocycles. The third kappa shape index (κ3) is 7.88. The molecule has 0 bridgehead atoms. The number of aliphatic hydroxyl groups is 1. The number of aryl methyl sites for hydroxylation is 1. The number of alkyl carbamates (subject to hydrolysis) is 1. The van der Waals surface area contributed by atoms with Crippen molar-refractivity contribution in [3.63, 3.8) is 0 Å². The SMILES string of the molecule is CSc1c2sc(C3=C(C(=O)O)N4C(=O)[C@H]([C@@H](C)O)[C@H]4C3)cn2c(C)[n+]1CCCNC(=O)OCc1ccc([N+](=O)[O-])cc1.O=S(=O)([O-])C(F)(F)F. The number of nitrogens with zero attached hydrogens (tertiary/aromatic N) is 4. The van der Waals surface area contributed by atoms with Gasteiger partial charge in [0, 0.05) is 37.6 Å². The molecule has 16 nitrogen and oxygen atoms in total. The zero-order chi connectivity index (χ0) is 37.3. The number of halogens is 3. The van der Waals surface area contributed by atoms with Crippen molar-refractivity contribution in [1.82, 2.24) is 14.6 Å². The highest BCUT2D eigenvalue weighted by Gasteiger charge is 2.57. The molecule has 3 atom stereocenters. The lowest BCUT2D eigenvalue weighted by Gasteiger charge is -2.44. The Morgan fingerprint density at radius 3 is 2.42 bits per heavy atom. The van der Waals surface area contributed by atoms with E-state index in [9.17, 15) is 47.9 Å². The van der Waals surface area contributed by atoms with Gasteiger partial charge < -0.3 is 29.7 Å². The maximum absolute atomic E-state index is 12.6. The van der Waals surface area contributed by atoms with Gasteiger partial charge in [0.05, 0.1) is 34.4 Å². The summed E-state index contributed by atoms with van der Waals surface area (Å²) >= 11 is 3.04. The predicted octanol–water partition coefficient (Wildman–Crippen LogP) is 3.00. The summed E-state index contributed by atoms with van der Waals surface area (Å²) in [6.45, 7) is 4.52. The molecule has 1 fully saturated rings. The lowest BCUT2D eigenvalue weighted by molar-refractivity contribution is -0.735. The minimum Gasteiger partial charge on any atom is -0.741 e. The number of aliphatic carboxylic acids is 1. The number of nitro groups is 1. The van der Waals surface area contributed by atoms with Gasteiger partial charge >= 0.3 is 17.6 Å². The molecule has 1 saturated heterocycles. The van der Waals surface area contributed by atoms with E-state index in [-0.39, 0.29) is 29.9 Å². The number of hydrogen-bond donors (Lipinski definition) is 3. The maximum Gasteiger partial charge on any atom is 0.485 e. The molecule has 0 radical (unpaired) electrons. The number of carboxylic acids is 1. The van der Waals surface area contributed by atoms with Gasteiger partial charge in [-0.2, -0.15) is 17.6 Å². The maximum atomic E-state index is 12.6. The molecule has 0 spiro atoms. The number of rotatable bonds is 11. The highest BCUT2D eigenvalue weighted by atomic mass is 32.2. The standard InChI is InChI=1S/C27H29N5O8S2.CHF3O3S/c1-14(33)21-19-11-18(22(26(35)36)31(19)23(21)34)20-12-30-15(2)29(24(41-3)25(30)42-20)10-4-9-28-27(37)40-13-16-5-7-17(8-6-16)32(38)39;2-1(3,4)8(5,6)7/h5-8,12,14,19,21,33H,4,9-11,13H2,1-3H3,(H-,28,35,36,37);(H,5,6,7)/t14-,19-,21-;/m1./s1. The molecule has 4 heterocycles. The summed E-state index contributed by atoms with van der Waals surface area (Å²) in [5, 5.41) is 34.4. The largest absolute Gasteiger partial charge is 0.741 e. The van der Waals surface area contributed by atoms with Crippen molar-refractivity contribution in [2.75, 3.05) is 12.8 Å². The number of thiazole rings is 1. The van der Waals surface area contributed by atoms with Crippen molar-refractivity contribution in [2.45, 2.75) is 62.5 Å². The van der Waals surface area contributed by atoms with Gasteiger partial charge in [-0.25, -0.2) is 22.6 Å². The molecule has 3 aromatic rings. The first-order valence-corrected chi connectivity index (χ1v) is 18.0. The van der Waals surface area contributed by atoms with Gasteiger partial charge in [0.2, 0.25) is 15.8 Å². The number of carboxylic acid groups (broad SMARTS) is 1. The second-order valence-electron chi connectivity index (χ2n) is 11.0. The molecule has 50 heavy (non-hydrogen) atoms. The third-order valence-corrected chi connectivity index (χ3v) is 10.5. The van der Waals surface area contributed by atoms with Gasteiger partial charge in [0.25, 0.3) is 11.5 Å². The van der Waals surface area contributed by atoms with E-state index in [1.54, 1.807) is 30.8 Å². The number of thioether (sulfide) groups is 1.